The highest BCUT2D eigenvalue weighted by molar-refractivity contribution is 5.32. The van der Waals surface area contributed by atoms with E-state index >= 15 is 0 Å². The topological polar surface area (TPSA) is 56.9 Å². The Kier molecular flexibility index (Phi) is 4.29. The van der Waals surface area contributed by atoms with E-state index in [9.17, 15) is 5.26 Å². The molecule has 2 heterocycles. The molecule has 0 amide bonds. The van der Waals surface area contributed by atoms with Crippen molar-refractivity contribution in [3.8, 4) is 11.8 Å². The third-order valence-corrected chi connectivity index (χ3v) is 3.80. The van der Waals surface area contributed by atoms with E-state index in [2.05, 4.69) is 21.4 Å². The minimum atomic E-state index is -0.220. The molecule has 0 radical (unpaired) electrons. The van der Waals surface area contributed by atoms with Gasteiger partial charge in [-0.2, -0.15) is 10.4 Å². The lowest BCUT2D eigenvalue weighted by molar-refractivity contribution is 0.252. The molecule has 1 aromatic carbocycles. The van der Waals surface area contributed by atoms with Crippen molar-refractivity contribution in [2.24, 2.45) is 0 Å². The van der Waals surface area contributed by atoms with Crippen LogP contribution < -0.4 is 5.32 Å². The molecule has 2 aromatic rings. The van der Waals surface area contributed by atoms with E-state index in [0.717, 1.165) is 43.9 Å². The zero-order chi connectivity index (χ0) is 14.5. The number of benzene rings is 1. The Morgan fingerprint density at radius 1 is 1.19 bits per heavy atom. The molecule has 1 atom stereocenters. The summed E-state index contributed by atoms with van der Waals surface area (Å²) in [6.07, 6.45) is 4.84. The second kappa shape index (κ2) is 6.53. The van der Waals surface area contributed by atoms with Gasteiger partial charge in [0.05, 0.1) is 18.0 Å². The Bertz CT molecular complexity index is 605. The van der Waals surface area contributed by atoms with Gasteiger partial charge in [0.15, 0.2) is 0 Å². The monoisotopic (exact) mass is 281 g/mol. The second-order valence-corrected chi connectivity index (χ2v) is 5.22. The van der Waals surface area contributed by atoms with Gasteiger partial charge >= 0.3 is 0 Å². The summed E-state index contributed by atoms with van der Waals surface area (Å²) in [6.45, 7) is 3.80. The van der Waals surface area contributed by atoms with Gasteiger partial charge in [-0.1, -0.05) is 18.2 Å². The van der Waals surface area contributed by atoms with Crippen molar-refractivity contribution in [3.63, 3.8) is 0 Å². The van der Waals surface area contributed by atoms with Crippen LogP contribution in [0.2, 0.25) is 0 Å². The quantitative estimate of drug-likeness (QED) is 0.931. The molecule has 108 valence electrons. The average Bonchev–Trinajstić information content (AvgIpc) is 2.86. The summed E-state index contributed by atoms with van der Waals surface area (Å²) < 4.78 is 1.83. The van der Waals surface area contributed by atoms with Crippen molar-refractivity contribution in [1.82, 2.24) is 20.0 Å². The van der Waals surface area contributed by atoms with Gasteiger partial charge in [-0.15, -0.1) is 0 Å². The van der Waals surface area contributed by atoms with Crippen molar-refractivity contribution in [2.75, 3.05) is 26.2 Å². The van der Waals surface area contributed by atoms with Gasteiger partial charge in [0.1, 0.15) is 6.04 Å². The van der Waals surface area contributed by atoms with Crippen LogP contribution >= 0.6 is 0 Å². The lowest BCUT2D eigenvalue weighted by Crippen LogP contribution is -2.31. The van der Waals surface area contributed by atoms with Crippen LogP contribution in [-0.4, -0.2) is 40.9 Å². The minimum absolute atomic E-state index is 0.220. The van der Waals surface area contributed by atoms with Crippen LogP contribution in [0.25, 0.3) is 5.69 Å². The molecule has 1 unspecified atom stereocenters. The van der Waals surface area contributed by atoms with Crippen LogP contribution in [0.5, 0.6) is 0 Å². The predicted octanol–water partition coefficient (Wildman–Crippen LogP) is 1.73. The van der Waals surface area contributed by atoms with E-state index in [1.165, 1.54) is 0 Å². The summed E-state index contributed by atoms with van der Waals surface area (Å²) in [5.74, 6) is 0. The summed E-state index contributed by atoms with van der Waals surface area (Å²) in [5, 5.41) is 17.3. The Labute approximate surface area is 124 Å². The zero-order valence-electron chi connectivity index (χ0n) is 11.9. The average molecular weight is 281 g/mol. The number of aromatic nitrogens is 2. The Morgan fingerprint density at radius 2 is 2.05 bits per heavy atom. The zero-order valence-corrected chi connectivity index (χ0v) is 11.9. The van der Waals surface area contributed by atoms with Gasteiger partial charge in [-0.05, 0) is 25.1 Å². The molecule has 3 rings (SSSR count). The number of hydrogen-bond donors (Lipinski definition) is 1. The summed E-state index contributed by atoms with van der Waals surface area (Å²) in [6, 6.07) is 12.2. The Balaban J connectivity index is 1.82. The van der Waals surface area contributed by atoms with E-state index in [4.69, 9.17) is 0 Å². The Morgan fingerprint density at radius 3 is 2.86 bits per heavy atom. The van der Waals surface area contributed by atoms with Gasteiger partial charge in [-0.3, -0.25) is 4.90 Å². The van der Waals surface area contributed by atoms with Gasteiger partial charge in [-0.25, -0.2) is 4.68 Å². The summed E-state index contributed by atoms with van der Waals surface area (Å²) in [4.78, 5) is 2.23. The first-order chi connectivity index (χ1) is 10.4. The number of para-hydroxylation sites is 1. The van der Waals surface area contributed by atoms with Crippen LogP contribution in [0.15, 0.2) is 42.7 Å². The fourth-order valence-corrected chi connectivity index (χ4v) is 2.69. The van der Waals surface area contributed by atoms with Crippen molar-refractivity contribution in [3.05, 3.63) is 48.3 Å². The molecule has 0 spiro atoms. The molecular weight excluding hydrogens is 262 g/mol. The summed E-state index contributed by atoms with van der Waals surface area (Å²) >= 11 is 0. The molecule has 1 aliphatic rings. The van der Waals surface area contributed by atoms with Gasteiger partial charge in [0.2, 0.25) is 0 Å². The molecule has 5 heteroatoms. The first-order valence-electron chi connectivity index (χ1n) is 7.33. The van der Waals surface area contributed by atoms with Gasteiger partial charge in [0, 0.05) is 31.4 Å². The van der Waals surface area contributed by atoms with Crippen molar-refractivity contribution >= 4 is 0 Å². The maximum Gasteiger partial charge on any atom is 0.126 e. The molecule has 0 saturated carbocycles. The van der Waals surface area contributed by atoms with Crippen molar-refractivity contribution in [1.29, 1.82) is 5.26 Å². The first kappa shape index (κ1) is 13.8. The molecule has 1 aliphatic heterocycles. The molecule has 1 saturated heterocycles. The maximum absolute atomic E-state index is 9.55. The highest BCUT2D eigenvalue weighted by atomic mass is 15.3. The first-order valence-corrected chi connectivity index (χ1v) is 7.33. The molecule has 0 aliphatic carbocycles. The van der Waals surface area contributed by atoms with E-state index in [0.29, 0.717) is 0 Å². The number of nitrogens with one attached hydrogen (secondary N) is 1. The van der Waals surface area contributed by atoms with Crippen LogP contribution in [-0.2, 0) is 0 Å². The molecular formula is C16H19N5. The van der Waals surface area contributed by atoms with E-state index in [1.54, 1.807) is 6.20 Å². The standard InChI is InChI=1S/C16H19N5/c17-11-16(20-9-4-7-18-8-10-20)14-12-19-21(13-14)15-5-2-1-3-6-15/h1-3,5-6,12-13,16,18H,4,7-10H2. The molecule has 1 N–H and O–H groups in total. The van der Waals surface area contributed by atoms with E-state index in [1.807, 2.05) is 41.2 Å². The smallest absolute Gasteiger partial charge is 0.126 e. The number of hydrogen-bond acceptors (Lipinski definition) is 4. The molecule has 1 fully saturated rings. The van der Waals surface area contributed by atoms with Crippen LogP contribution in [0, 0.1) is 11.3 Å². The predicted molar refractivity (Wildman–Crippen MR) is 81.0 cm³/mol. The largest absolute Gasteiger partial charge is 0.315 e. The lowest BCUT2D eigenvalue weighted by Gasteiger charge is -2.23. The third kappa shape index (κ3) is 3.13. The SMILES string of the molecule is N#CC(c1cnn(-c2ccccc2)c1)N1CCCNCC1. The van der Waals surface area contributed by atoms with E-state index < -0.39 is 0 Å². The summed E-state index contributed by atoms with van der Waals surface area (Å²) in [7, 11) is 0. The van der Waals surface area contributed by atoms with Gasteiger partial charge in [0.25, 0.3) is 0 Å². The highest BCUT2D eigenvalue weighted by Gasteiger charge is 2.22. The Hall–Kier alpha value is -2.16. The molecule has 21 heavy (non-hydrogen) atoms. The fourth-order valence-electron chi connectivity index (χ4n) is 2.69. The fraction of sp³-hybridized carbons (Fsp3) is 0.375. The van der Waals surface area contributed by atoms with Crippen molar-refractivity contribution < 1.29 is 0 Å². The second-order valence-electron chi connectivity index (χ2n) is 5.22. The third-order valence-electron chi connectivity index (χ3n) is 3.80. The van der Waals surface area contributed by atoms with E-state index in [-0.39, 0.29) is 6.04 Å². The molecule has 1 aromatic heterocycles. The van der Waals surface area contributed by atoms with Crippen LogP contribution in [0.4, 0.5) is 0 Å². The number of rotatable bonds is 3. The van der Waals surface area contributed by atoms with Crippen LogP contribution in [0.3, 0.4) is 0 Å². The number of nitrogens with zero attached hydrogens (tertiary/aromatic N) is 4. The lowest BCUT2D eigenvalue weighted by atomic mass is 10.1. The maximum atomic E-state index is 9.55. The highest BCUT2D eigenvalue weighted by Crippen LogP contribution is 2.21. The summed E-state index contributed by atoms with van der Waals surface area (Å²) in [5.41, 5.74) is 1.97. The van der Waals surface area contributed by atoms with Gasteiger partial charge < -0.3 is 5.32 Å². The normalized spacial score (nSPS) is 17.9. The van der Waals surface area contributed by atoms with Crippen molar-refractivity contribution in [2.45, 2.75) is 12.5 Å². The molecule has 0 bridgehead atoms. The number of nitriles is 1. The molecule has 5 nitrogen and oxygen atoms in total. The van der Waals surface area contributed by atoms with Crippen LogP contribution in [0.1, 0.15) is 18.0 Å². The minimum Gasteiger partial charge on any atom is -0.315 e.